The maximum Gasteiger partial charge on any atom is 0.335 e. The number of hydrogen-bond donors (Lipinski definition) is 2. The first-order chi connectivity index (χ1) is 14.1. The zero-order chi connectivity index (χ0) is 22.9. The molecule has 0 aliphatic rings. The summed E-state index contributed by atoms with van der Waals surface area (Å²) in [5.74, 6) is -0.714. The van der Waals surface area contributed by atoms with E-state index >= 15 is 0 Å². The lowest BCUT2D eigenvalue weighted by Gasteiger charge is -2.23. The highest BCUT2D eigenvalue weighted by molar-refractivity contribution is 7.86. The zero-order valence-electron chi connectivity index (χ0n) is 18.8. The Morgan fingerprint density at radius 2 is 1.17 bits per heavy atom. The first kappa shape index (κ1) is 29.5. The first-order valence-electron chi connectivity index (χ1n) is 11.4. The molecule has 0 aromatic heterocycles. The molecule has 0 spiro atoms. The Morgan fingerprint density at radius 1 is 0.733 bits per heavy atom. The quantitative estimate of drug-likeness (QED) is 0.140. The fraction of sp³-hybridized carbons (Fsp3) is 0.905. The number of unbranched alkanes of at least 4 members (excludes halogenated alkanes) is 12. The van der Waals surface area contributed by atoms with Gasteiger partial charge in [0.25, 0.3) is 10.1 Å². The topological polar surface area (TPSA) is 112 Å². The van der Waals surface area contributed by atoms with Gasteiger partial charge in [-0.2, -0.15) is 21.1 Å². The van der Waals surface area contributed by atoms with Gasteiger partial charge in [0.05, 0.1) is 5.75 Å². The van der Waals surface area contributed by atoms with Crippen LogP contribution in [0.1, 0.15) is 103 Å². The molecule has 7 nitrogen and oxygen atoms in total. The van der Waals surface area contributed by atoms with Crippen molar-refractivity contribution in [3.8, 4) is 0 Å². The molecule has 0 aromatic rings. The molecule has 0 radical (unpaired) electrons. The minimum absolute atomic E-state index is 0.275. The summed E-state index contributed by atoms with van der Waals surface area (Å²) in [6.45, 7) is 2.23. The first-order valence-corrected chi connectivity index (χ1v) is 14.4. The van der Waals surface area contributed by atoms with E-state index in [0.717, 1.165) is 45.6 Å². The number of allylic oxidation sites excluding steroid dienone is 2. The summed E-state index contributed by atoms with van der Waals surface area (Å²) >= 11 is 0. The van der Waals surface area contributed by atoms with Gasteiger partial charge in [-0.15, -0.1) is 0 Å². The van der Waals surface area contributed by atoms with E-state index in [2.05, 4.69) is 19.1 Å². The van der Waals surface area contributed by atoms with Gasteiger partial charge in [-0.05, 0) is 32.1 Å². The van der Waals surface area contributed by atoms with Crippen molar-refractivity contribution in [2.24, 2.45) is 0 Å². The molecule has 2 N–H and O–H groups in total. The smallest absolute Gasteiger partial charge is 0.285 e. The van der Waals surface area contributed by atoms with Crippen LogP contribution in [0.2, 0.25) is 0 Å². The van der Waals surface area contributed by atoms with Gasteiger partial charge in [0.15, 0.2) is 0 Å². The Bertz CT molecular complexity index is 646. The Labute approximate surface area is 185 Å². The van der Waals surface area contributed by atoms with Crippen molar-refractivity contribution in [3.05, 3.63) is 12.2 Å². The Hall–Kier alpha value is -0.480. The van der Waals surface area contributed by atoms with Crippen molar-refractivity contribution >= 4 is 20.4 Å². The number of rotatable bonds is 20. The summed E-state index contributed by atoms with van der Waals surface area (Å²) in [4.78, 5) is 0. The number of nitrogens with zero attached hydrogens (tertiary/aromatic N) is 1. The fourth-order valence-electron chi connectivity index (χ4n) is 3.43. The van der Waals surface area contributed by atoms with E-state index < -0.39 is 32.2 Å². The summed E-state index contributed by atoms with van der Waals surface area (Å²) in [5.41, 5.74) is 0. The summed E-state index contributed by atoms with van der Waals surface area (Å²) in [5, 5.41) is 0. The van der Waals surface area contributed by atoms with Gasteiger partial charge in [0, 0.05) is 13.1 Å². The molecule has 30 heavy (non-hydrogen) atoms. The van der Waals surface area contributed by atoms with Crippen LogP contribution in [-0.4, -0.2) is 49.1 Å². The Kier molecular flexibility index (Phi) is 16.8. The average Bonchev–Trinajstić information content (AvgIpc) is 2.64. The van der Waals surface area contributed by atoms with Crippen molar-refractivity contribution in [2.45, 2.75) is 109 Å². The van der Waals surface area contributed by atoms with Crippen LogP contribution in [0.3, 0.4) is 0 Å². The largest absolute Gasteiger partial charge is 0.335 e. The van der Waals surface area contributed by atoms with Crippen LogP contribution in [0.25, 0.3) is 0 Å². The van der Waals surface area contributed by atoms with Gasteiger partial charge in [0.2, 0.25) is 0 Å². The van der Waals surface area contributed by atoms with Crippen molar-refractivity contribution in [1.82, 2.24) is 4.31 Å². The summed E-state index contributed by atoms with van der Waals surface area (Å²) in [7, 11) is -7.70. The van der Waals surface area contributed by atoms with E-state index in [-0.39, 0.29) is 6.42 Å². The minimum atomic E-state index is -4.49. The minimum Gasteiger partial charge on any atom is -0.285 e. The molecular formula is C21H43NO6S2. The third-order valence-corrected chi connectivity index (χ3v) is 7.16. The van der Waals surface area contributed by atoms with Gasteiger partial charge < -0.3 is 0 Å². The van der Waals surface area contributed by atoms with Crippen LogP contribution in [0.5, 0.6) is 0 Å². The highest BCUT2D eigenvalue weighted by Gasteiger charge is 2.27. The molecule has 0 amide bonds. The fourth-order valence-corrected chi connectivity index (χ4v) is 4.96. The zero-order valence-corrected chi connectivity index (χ0v) is 20.5. The predicted octanol–water partition coefficient (Wildman–Crippen LogP) is 5.41. The third kappa shape index (κ3) is 18.3. The molecule has 0 heterocycles. The van der Waals surface area contributed by atoms with Gasteiger partial charge in [0.1, 0.15) is 0 Å². The maximum absolute atomic E-state index is 11.2. The van der Waals surface area contributed by atoms with Crippen LogP contribution in [-0.2, 0) is 20.4 Å². The number of hydrogen-bond acceptors (Lipinski definition) is 4. The normalized spacial score (nSPS) is 14.0. The van der Waals surface area contributed by atoms with E-state index in [1.165, 1.54) is 44.9 Å². The van der Waals surface area contributed by atoms with Crippen molar-refractivity contribution in [3.63, 3.8) is 0 Å². The van der Waals surface area contributed by atoms with Crippen LogP contribution in [0.15, 0.2) is 12.2 Å². The van der Waals surface area contributed by atoms with Crippen molar-refractivity contribution in [1.29, 1.82) is 0 Å². The molecule has 0 aliphatic carbocycles. The standard InChI is InChI=1S/C21H43NO6S2/c1-3-4-5-6-7-8-9-10-11-12-13-14-15-16-17-18-19-21(20-29(23,24)25)22(2)30(26,27)28/h10-11,21H,3-9,12-20H2,1-2H3,(H,23,24,25)(H,26,27,28)/b11-10-. The Morgan fingerprint density at radius 3 is 1.60 bits per heavy atom. The molecule has 1 atom stereocenters. The molecular weight excluding hydrogens is 426 g/mol. The lowest BCUT2D eigenvalue weighted by Crippen LogP contribution is -2.41. The van der Waals surface area contributed by atoms with Crippen molar-refractivity contribution in [2.75, 3.05) is 12.8 Å². The van der Waals surface area contributed by atoms with Crippen molar-refractivity contribution < 1.29 is 25.9 Å². The average molecular weight is 470 g/mol. The molecule has 180 valence electrons. The van der Waals surface area contributed by atoms with Gasteiger partial charge >= 0.3 is 10.3 Å². The van der Waals surface area contributed by atoms with E-state index in [4.69, 9.17) is 9.11 Å². The highest BCUT2D eigenvalue weighted by atomic mass is 32.2. The molecule has 9 heteroatoms. The molecule has 0 bridgehead atoms. The van der Waals surface area contributed by atoms with Crippen LogP contribution in [0, 0.1) is 0 Å². The molecule has 0 rings (SSSR count). The monoisotopic (exact) mass is 469 g/mol. The molecule has 0 fully saturated rings. The lowest BCUT2D eigenvalue weighted by molar-refractivity contribution is 0.316. The molecule has 0 saturated heterocycles. The van der Waals surface area contributed by atoms with Gasteiger partial charge in [-0.3, -0.25) is 9.11 Å². The second-order valence-corrected chi connectivity index (χ2v) is 11.1. The second-order valence-electron chi connectivity index (χ2n) is 8.12. The maximum atomic E-state index is 11.2. The molecule has 1 unspecified atom stereocenters. The molecule has 0 aliphatic heterocycles. The van der Waals surface area contributed by atoms with Crippen LogP contribution >= 0.6 is 0 Å². The second kappa shape index (κ2) is 17.1. The summed E-state index contributed by atoms with van der Waals surface area (Å²) in [6.07, 6.45) is 21.0. The van der Waals surface area contributed by atoms with Crippen LogP contribution < -0.4 is 0 Å². The third-order valence-electron chi connectivity index (χ3n) is 5.33. The molecule has 0 aromatic carbocycles. The van der Waals surface area contributed by atoms with E-state index in [1.807, 2.05) is 0 Å². The van der Waals surface area contributed by atoms with E-state index in [0.29, 0.717) is 10.7 Å². The SMILES string of the molecule is CCCCCCCC/C=C\CCCCCCCCC(CS(=O)(=O)O)N(C)S(=O)(=O)O. The van der Waals surface area contributed by atoms with Crippen LogP contribution in [0.4, 0.5) is 0 Å². The lowest BCUT2D eigenvalue weighted by atomic mass is 10.1. The van der Waals surface area contributed by atoms with E-state index in [9.17, 15) is 16.8 Å². The summed E-state index contributed by atoms with van der Waals surface area (Å²) in [6, 6.07) is -0.966. The Balaban J connectivity index is 3.78. The van der Waals surface area contributed by atoms with Gasteiger partial charge in [-0.1, -0.05) is 83.3 Å². The summed E-state index contributed by atoms with van der Waals surface area (Å²) < 4.78 is 63.4. The van der Waals surface area contributed by atoms with E-state index in [1.54, 1.807) is 0 Å². The highest BCUT2D eigenvalue weighted by Crippen LogP contribution is 2.15. The van der Waals surface area contributed by atoms with Gasteiger partial charge in [-0.25, -0.2) is 0 Å². The molecule has 0 saturated carbocycles. The predicted molar refractivity (Wildman–Crippen MR) is 124 cm³/mol.